The maximum atomic E-state index is 10.4. The Balaban J connectivity index is 0.000000403. The van der Waals surface area contributed by atoms with Crippen molar-refractivity contribution < 1.29 is 43.0 Å². The van der Waals surface area contributed by atoms with Gasteiger partial charge < -0.3 is 9.11 Å². The van der Waals surface area contributed by atoms with Crippen LogP contribution in [-0.2, 0) is 37.3 Å². The van der Waals surface area contributed by atoms with E-state index in [4.69, 9.17) is 23.2 Å². The van der Waals surface area contributed by atoms with Gasteiger partial charge in [0.2, 0.25) is 0 Å². The summed E-state index contributed by atoms with van der Waals surface area (Å²) in [6, 6.07) is 11.0. The van der Waals surface area contributed by atoms with Crippen LogP contribution in [0.5, 0.6) is 0 Å². The van der Waals surface area contributed by atoms with Crippen LogP contribution in [0.1, 0.15) is 0 Å². The third-order valence-corrected chi connectivity index (χ3v) is 4.88. The molecule has 0 aliphatic heterocycles. The zero-order valence-corrected chi connectivity index (χ0v) is 15.2. The minimum Gasteiger partial charge on any atom is -0.744 e. The van der Waals surface area contributed by atoms with E-state index in [0.717, 1.165) is 0 Å². The monoisotopic (exact) mass is 438 g/mol. The van der Waals surface area contributed by atoms with E-state index < -0.39 is 20.2 Å². The number of hydrogen-bond donors (Lipinski definition) is 0. The summed E-state index contributed by atoms with van der Waals surface area (Å²) in [6.45, 7) is 0. The molecule has 126 valence electrons. The Kier molecular flexibility index (Phi) is 8.75. The van der Waals surface area contributed by atoms with Gasteiger partial charge in [0.1, 0.15) is 20.2 Å². The molecule has 0 N–H and O–H groups in total. The van der Waals surface area contributed by atoms with Crippen molar-refractivity contribution in [2.45, 2.75) is 9.79 Å². The van der Waals surface area contributed by atoms with Crippen molar-refractivity contribution in [1.82, 2.24) is 0 Å². The van der Waals surface area contributed by atoms with Crippen molar-refractivity contribution in [3.63, 3.8) is 0 Å². The molecule has 0 spiro atoms. The molecule has 0 fully saturated rings. The van der Waals surface area contributed by atoms with Crippen LogP contribution in [0.4, 0.5) is 0 Å². The molecule has 0 aromatic heterocycles. The van der Waals surface area contributed by atoms with Gasteiger partial charge in [0.25, 0.3) is 0 Å². The van der Waals surface area contributed by atoms with Crippen molar-refractivity contribution in [2.75, 3.05) is 0 Å². The molecule has 0 atom stereocenters. The molecule has 11 heteroatoms. The minimum atomic E-state index is -4.42. The van der Waals surface area contributed by atoms with Gasteiger partial charge in [-0.3, -0.25) is 0 Å². The van der Waals surface area contributed by atoms with Crippen molar-refractivity contribution in [2.24, 2.45) is 0 Å². The van der Waals surface area contributed by atoms with Crippen LogP contribution in [0.2, 0.25) is 10.0 Å². The summed E-state index contributed by atoms with van der Waals surface area (Å²) >= 11 is 10.9. The summed E-state index contributed by atoms with van der Waals surface area (Å²) in [5.74, 6) is 0. The van der Waals surface area contributed by atoms with Gasteiger partial charge >= 0.3 is 17.1 Å². The van der Waals surface area contributed by atoms with Crippen molar-refractivity contribution in [1.29, 1.82) is 0 Å². The summed E-state index contributed by atoms with van der Waals surface area (Å²) < 4.78 is 62.5. The first-order valence-electron chi connectivity index (χ1n) is 5.44. The van der Waals surface area contributed by atoms with E-state index in [0.29, 0.717) is 0 Å². The smallest absolute Gasteiger partial charge is 0.744 e. The summed E-state index contributed by atoms with van der Waals surface area (Å²) in [7, 11) is -8.83. The SMILES string of the molecule is O=S(=O)([O-])c1ccccc1Cl.O=S(=O)([O-])c1ccccc1Cl.[Fe+2]. The molecule has 0 saturated carbocycles. The van der Waals surface area contributed by atoms with Gasteiger partial charge in [-0.2, -0.15) is 0 Å². The molecule has 6 nitrogen and oxygen atoms in total. The fourth-order valence-corrected chi connectivity index (χ4v) is 3.24. The summed E-state index contributed by atoms with van der Waals surface area (Å²) in [5, 5.41) is -0.0787. The molecule has 0 heterocycles. The third kappa shape index (κ3) is 7.19. The third-order valence-electron chi connectivity index (χ3n) is 2.21. The van der Waals surface area contributed by atoms with E-state index in [2.05, 4.69) is 0 Å². The van der Waals surface area contributed by atoms with Crippen LogP contribution >= 0.6 is 23.2 Å². The Hall–Kier alpha value is -0.641. The number of rotatable bonds is 2. The normalized spacial score (nSPS) is 11.0. The fourth-order valence-electron chi connectivity index (χ4n) is 1.29. The molecule has 0 radical (unpaired) electrons. The minimum absolute atomic E-state index is 0. The predicted octanol–water partition coefficient (Wildman–Crippen LogP) is 2.49. The molecule has 2 aromatic rings. The van der Waals surface area contributed by atoms with E-state index in [-0.39, 0.29) is 36.9 Å². The molecular formula is C12H8Cl2FeO6S2. The molecule has 23 heavy (non-hydrogen) atoms. The van der Waals surface area contributed by atoms with Gasteiger partial charge in [0.05, 0.1) is 19.8 Å². The molecule has 2 aromatic carbocycles. The maximum Gasteiger partial charge on any atom is 2.00 e. The zero-order valence-electron chi connectivity index (χ0n) is 11.0. The van der Waals surface area contributed by atoms with E-state index in [1.807, 2.05) is 0 Å². The quantitative estimate of drug-likeness (QED) is 0.525. The van der Waals surface area contributed by atoms with Crippen LogP contribution < -0.4 is 0 Å². The van der Waals surface area contributed by atoms with E-state index in [9.17, 15) is 25.9 Å². The van der Waals surface area contributed by atoms with Crippen LogP contribution in [0, 0.1) is 0 Å². The largest absolute Gasteiger partial charge is 2.00 e. The van der Waals surface area contributed by atoms with Gasteiger partial charge in [0.15, 0.2) is 0 Å². The Morgan fingerprint density at radius 3 is 1.09 bits per heavy atom. The molecule has 0 unspecified atom stereocenters. The summed E-state index contributed by atoms with van der Waals surface area (Å²) in [4.78, 5) is -0.747. The molecule has 0 aliphatic carbocycles. The van der Waals surface area contributed by atoms with Gasteiger partial charge in [-0.25, -0.2) is 16.8 Å². The van der Waals surface area contributed by atoms with E-state index in [1.165, 1.54) is 36.4 Å². The number of benzene rings is 2. The average Bonchev–Trinajstić information content (AvgIpc) is 2.37. The van der Waals surface area contributed by atoms with Gasteiger partial charge in [0, 0.05) is 0 Å². The van der Waals surface area contributed by atoms with Gasteiger partial charge in [-0.05, 0) is 24.3 Å². The van der Waals surface area contributed by atoms with E-state index >= 15 is 0 Å². The van der Waals surface area contributed by atoms with Crippen molar-refractivity contribution >= 4 is 43.4 Å². The Morgan fingerprint density at radius 2 is 0.913 bits per heavy atom. The second-order valence-electron chi connectivity index (χ2n) is 3.77. The molecule has 0 aliphatic rings. The Morgan fingerprint density at radius 1 is 0.652 bits per heavy atom. The van der Waals surface area contributed by atoms with Crippen LogP contribution in [0.3, 0.4) is 0 Å². The topological polar surface area (TPSA) is 114 Å². The molecule has 0 saturated heterocycles. The summed E-state index contributed by atoms with van der Waals surface area (Å²) in [5.41, 5.74) is 0. The fraction of sp³-hybridized carbons (Fsp3) is 0. The molecule has 0 bridgehead atoms. The predicted molar refractivity (Wildman–Crippen MR) is 78.8 cm³/mol. The standard InChI is InChI=1S/2C6H5ClO3S.Fe/c2*7-5-3-1-2-4-6(5)11(8,9)10;/h2*1-4H,(H,8,9,10);/q;;+2/p-2. The van der Waals surface area contributed by atoms with E-state index in [1.54, 1.807) is 12.1 Å². The molecular weight excluding hydrogens is 431 g/mol. The molecule has 2 rings (SSSR count). The maximum absolute atomic E-state index is 10.4. The first kappa shape index (κ1) is 22.4. The van der Waals surface area contributed by atoms with Gasteiger partial charge in [-0.1, -0.05) is 47.5 Å². The van der Waals surface area contributed by atoms with Crippen LogP contribution in [-0.4, -0.2) is 25.9 Å². The van der Waals surface area contributed by atoms with Crippen LogP contribution in [0.15, 0.2) is 58.3 Å². The van der Waals surface area contributed by atoms with Crippen molar-refractivity contribution in [3.05, 3.63) is 58.6 Å². The zero-order chi connectivity index (χ0) is 17.0. The average molecular weight is 439 g/mol. The first-order chi connectivity index (χ1) is 10.0. The molecule has 0 amide bonds. The van der Waals surface area contributed by atoms with Crippen molar-refractivity contribution in [3.8, 4) is 0 Å². The number of hydrogen-bond acceptors (Lipinski definition) is 6. The Bertz CT molecular complexity index is 795. The summed E-state index contributed by atoms with van der Waals surface area (Å²) in [6.07, 6.45) is 0. The first-order valence-corrected chi connectivity index (χ1v) is 9.01. The van der Waals surface area contributed by atoms with Crippen LogP contribution in [0.25, 0.3) is 0 Å². The number of halogens is 2. The second-order valence-corrected chi connectivity index (χ2v) is 7.28. The Labute approximate surface area is 154 Å². The second kappa shape index (κ2) is 9.00. The van der Waals surface area contributed by atoms with Gasteiger partial charge in [-0.15, -0.1) is 0 Å².